The highest BCUT2D eigenvalue weighted by molar-refractivity contribution is 5.64. The van der Waals surface area contributed by atoms with Gasteiger partial charge in [0.05, 0.1) is 0 Å². The highest BCUT2D eigenvalue weighted by atomic mass is 14.0. The van der Waals surface area contributed by atoms with Gasteiger partial charge < -0.3 is 0 Å². The second-order valence-electron chi connectivity index (χ2n) is 8.14. The van der Waals surface area contributed by atoms with Crippen LogP contribution in [-0.4, -0.2) is 0 Å². The minimum Gasteiger partial charge on any atom is -0.0988 e. The topological polar surface area (TPSA) is 0 Å². The molecule has 0 saturated carbocycles. The average molecular weight is 493 g/mol. The Labute approximate surface area is 228 Å². The van der Waals surface area contributed by atoms with E-state index in [0.29, 0.717) is 0 Å². The van der Waals surface area contributed by atoms with Gasteiger partial charge in [-0.1, -0.05) is 169 Å². The van der Waals surface area contributed by atoms with Crippen molar-refractivity contribution in [2.24, 2.45) is 0 Å². The maximum Gasteiger partial charge on any atom is -0.0187 e. The lowest BCUT2D eigenvalue weighted by molar-refractivity contribution is 1.09. The number of rotatable bonds is 8. The fourth-order valence-electron chi connectivity index (χ4n) is 3.30. The molecule has 37 heavy (non-hydrogen) atoms. The molecule has 0 aliphatic heterocycles. The Hall–Kier alpha value is -3.64. The van der Waals surface area contributed by atoms with Gasteiger partial charge >= 0.3 is 0 Å². The fraction of sp³-hybridized carbons (Fsp3) is 0.243. The lowest BCUT2D eigenvalue weighted by Gasteiger charge is -2.00. The van der Waals surface area contributed by atoms with Crippen LogP contribution in [0.5, 0.6) is 0 Å². The van der Waals surface area contributed by atoms with Gasteiger partial charge in [0, 0.05) is 0 Å². The molecule has 0 aliphatic carbocycles. The maximum atomic E-state index is 3.76. The number of allylic oxidation sites excluding steroid dienone is 4. The third-order valence-electron chi connectivity index (χ3n) is 5.56. The molecule has 0 amide bonds. The summed E-state index contributed by atoms with van der Waals surface area (Å²) in [7, 11) is 0. The summed E-state index contributed by atoms with van der Waals surface area (Å²) >= 11 is 0. The van der Waals surface area contributed by atoms with E-state index in [9.17, 15) is 0 Å². The molecule has 0 heteroatoms. The number of benzene rings is 3. The molecule has 0 N–H and O–H groups in total. The second-order valence-corrected chi connectivity index (χ2v) is 8.14. The van der Waals surface area contributed by atoms with Gasteiger partial charge in [-0.3, -0.25) is 0 Å². The van der Waals surface area contributed by atoms with Gasteiger partial charge in [-0.15, -0.1) is 0 Å². The summed E-state index contributed by atoms with van der Waals surface area (Å²) in [5.74, 6) is 0. The predicted octanol–water partition coefficient (Wildman–Crippen LogP) is 11.3. The Balaban J connectivity index is 0.000000515. The molecule has 3 rings (SSSR count). The van der Waals surface area contributed by atoms with E-state index in [4.69, 9.17) is 0 Å². The number of hydrogen-bond donors (Lipinski definition) is 0. The van der Waals surface area contributed by atoms with E-state index in [0.717, 1.165) is 30.4 Å². The first-order valence-corrected chi connectivity index (χ1v) is 13.5. The summed E-state index contributed by atoms with van der Waals surface area (Å²) in [6.45, 7) is 23.8. The lowest BCUT2D eigenvalue weighted by atomic mass is 10.0. The summed E-state index contributed by atoms with van der Waals surface area (Å²) < 4.78 is 0. The molecule has 0 spiro atoms. The van der Waals surface area contributed by atoms with Crippen LogP contribution in [0.1, 0.15) is 74.4 Å². The SMILES string of the molecule is C=C/C(=C\C=C\c1ccccc1)CC.C=Cc1ccc(C)cc1C=C.CC.CCc1cccc(CC)c1. The van der Waals surface area contributed by atoms with Crippen LogP contribution in [0.3, 0.4) is 0 Å². The fourth-order valence-corrected chi connectivity index (χ4v) is 3.30. The standard InChI is InChI=1S/C14H16.C11H12.C10H14.C2H6/c1-3-13(4-2)11-8-12-14-9-6-5-7-10-14;1-4-10-7-6-9(3)8-11(10)5-2;1-3-9-6-5-7-10(4-2)8-9;1-2/h3,5-12H,1,4H2,2H3;4-8H,1-2H2,3H3;5-8H,3-4H2,1-2H3;1-2H3/b12-8+,13-11+;;;. The summed E-state index contributed by atoms with van der Waals surface area (Å²) in [5, 5.41) is 0. The summed E-state index contributed by atoms with van der Waals surface area (Å²) in [6, 6.07) is 25.3. The van der Waals surface area contributed by atoms with Crippen LogP contribution in [0.4, 0.5) is 0 Å². The van der Waals surface area contributed by atoms with Crippen LogP contribution < -0.4 is 0 Å². The minimum atomic E-state index is 1.03. The van der Waals surface area contributed by atoms with Crippen molar-refractivity contribution in [2.75, 3.05) is 0 Å². The Kier molecular flexibility index (Phi) is 19.5. The van der Waals surface area contributed by atoms with Crippen LogP contribution in [0, 0.1) is 6.92 Å². The third-order valence-corrected chi connectivity index (χ3v) is 5.56. The van der Waals surface area contributed by atoms with Gasteiger partial charge in [0.15, 0.2) is 0 Å². The first kappa shape index (κ1) is 33.4. The Morgan fingerprint density at radius 3 is 1.78 bits per heavy atom. The van der Waals surface area contributed by atoms with E-state index in [-0.39, 0.29) is 0 Å². The smallest absolute Gasteiger partial charge is 0.0187 e. The molecule has 0 aliphatic rings. The lowest BCUT2D eigenvalue weighted by Crippen LogP contribution is -1.83. The van der Waals surface area contributed by atoms with Crippen LogP contribution in [0.25, 0.3) is 18.2 Å². The molecular weight excluding hydrogens is 444 g/mol. The van der Waals surface area contributed by atoms with Crippen molar-refractivity contribution in [3.05, 3.63) is 150 Å². The van der Waals surface area contributed by atoms with Gasteiger partial charge in [0.1, 0.15) is 0 Å². The van der Waals surface area contributed by atoms with Crippen molar-refractivity contribution >= 4 is 18.2 Å². The number of aryl methyl sites for hydroxylation is 3. The molecule has 0 saturated heterocycles. The Morgan fingerprint density at radius 2 is 1.30 bits per heavy atom. The zero-order chi connectivity index (χ0) is 27.9. The summed E-state index contributed by atoms with van der Waals surface area (Å²) in [6.07, 6.45) is 15.2. The predicted molar refractivity (Wildman–Crippen MR) is 172 cm³/mol. The van der Waals surface area contributed by atoms with Crippen LogP contribution in [-0.2, 0) is 12.8 Å². The average Bonchev–Trinajstić information content (AvgIpc) is 2.97. The van der Waals surface area contributed by atoms with Gasteiger partial charge in [0.25, 0.3) is 0 Å². The molecule has 3 aromatic carbocycles. The third kappa shape index (κ3) is 14.5. The van der Waals surface area contributed by atoms with E-state index in [2.05, 4.69) is 120 Å². The first-order valence-electron chi connectivity index (χ1n) is 13.5. The highest BCUT2D eigenvalue weighted by Crippen LogP contribution is 2.13. The zero-order valence-corrected chi connectivity index (χ0v) is 24.1. The monoisotopic (exact) mass is 492 g/mol. The largest absolute Gasteiger partial charge is 0.0988 e. The summed E-state index contributed by atoms with van der Waals surface area (Å²) in [5.41, 5.74) is 8.93. The quantitative estimate of drug-likeness (QED) is 0.274. The highest BCUT2D eigenvalue weighted by Gasteiger charge is 1.93. The molecule has 0 nitrogen and oxygen atoms in total. The molecule has 196 valence electrons. The van der Waals surface area contributed by atoms with Crippen molar-refractivity contribution in [3.63, 3.8) is 0 Å². The molecule has 0 fully saturated rings. The van der Waals surface area contributed by atoms with Crippen molar-refractivity contribution in [1.82, 2.24) is 0 Å². The van der Waals surface area contributed by atoms with Crippen LogP contribution >= 0.6 is 0 Å². The van der Waals surface area contributed by atoms with Crippen molar-refractivity contribution in [1.29, 1.82) is 0 Å². The molecule has 0 atom stereocenters. The molecule has 0 unspecified atom stereocenters. The molecular formula is C37H48. The first-order chi connectivity index (χ1) is 18.0. The molecule has 0 heterocycles. The van der Waals surface area contributed by atoms with Gasteiger partial charge in [-0.25, -0.2) is 0 Å². The van der Waals surface area contributed by atoms with E-state index in [1.54, 1.807) is 0 Å². The molecule has 3 aromatic rings. The number of hydrogen-bond acceptors (Lipinski definition) is 0. The van der Waals surface area contributed by atoms with Crippen LogP contribution in [0.15, 0.2) is 116 Å². The van der Waals surface area contributed by atoms with Crippen molar-refractivity contribution in [3.8, 4) is 0 Å². The molecule has 0 aromatic heterocycles. The molecule has 0 bridgehead atoms. The summed E-state index contributed by atoms with van der Waals surface area (Å²) in [4.78, 5) is 0. The van der Waals surface area contributed by atoms with E-state index in [1.165, 1.54) is 27.8 Å². The van der Waals surface area contributed by atoms with Gasteiger partial charge in [-0.2, -0.15) is 0 Å². The Morgan fingerprint density at radius 1 is 0.703 bits per heavy atom. The second kappa shape index (κ2) is 21.6. The van der Waals surface area contributed by atoms with Gasteiger partial charge in [-0.05, 0) is 59.6 Å². The van der Waals surface area contributed by atoms with Crippen molar-refractivity contribution < 1.29 is 0 Å². The normalized spacial score (nSPS) is 10.1. The van der Waals surface area contributed by atoms with Gasteiger partial charge in [0.2, 0.25) is 0 Å². The van der Waals surface area contributed by atoms with Crippen molar-refractivity contribution in [2.45, 2.75) is 60.8 Å². The van der Waals surface area contributed by atoms with E-state index >= 15 is 0 Å². The molecule has 0 radical (unpaired) electrons. The minimum absolute atomic E-state index is 1.03. The van der Waals surface area contributed by atoms with E-state index < -0.39 is 0 Å². The van der Waals surface area contributed by atoms with Crippen LogP contribution in [0.2, 0.25) is 0 Å². The van der Waals surface area contributed by atoms with E-state index in [1.807, 2.05) is 50.3 Å². The zero-order valence-electron chi connectivity index (χ0n) is 24.1. The Bertz CT molecular complexity index is 1070. The maximum absolute atomic E-state index is 3.76.